The minimum absolute atomic E-state index is 0.161. The zero-order chi connectivity index (χ0) is 13.2. The van der Waals surface area contributed by atoms with Crippen LogP contribution in [-0.4, -0.2) is 22.2 Å². The molecule has 1 aliphatic heterocycles. The number of carbonyl (C=O) groups excluding carboxylic acids is 1. The van der Waals surface area contributed by atoms with E-state index in [4.69, 9.17) is 0 Å². The van der Waals surface area contributed by atoms with Crippen LogP contribution in [0.2, 0.25) is 0 Å². The van der Waals surface area contributed by atoms with Gasteiger partial charge in [0.15, 0.2) is 5.78 Å². The second kappa shape index (κ2) is 5.53. The fourth-order valence-corrected chi connectivity index (χ4v) is 4.18. The molecular formula is C14H16N2OS2. The molecule has 5 heteroatoms. The van der Waals surface area contributed by atoms with Gasteiger partial charge in [0.2, 0.25) is 0 Å². The normalized spacial score (nSPS) is 19.9. The molecule has 3 nitrogen and oxygen atoms in total. The lowest BCUT2D eigenvalue weighted by Crippen LogP contribution is -2.22. The summed E-state index contributed by atoms with van der Waals surface area (Å²) in [6.07, 6.45) is 4.31. The highest BCUT2D eigenvalue weighted by Crippen LogP contribution is 2.34. The van der Waals surface area contributed by atoms with Gasteiger partial charge in [-0.25, -0.2) is 4.98 Å². The highest BCUT2D eigenvalue weighted by molar-refractivity contribution is 7.12. The average molecular weight is 292 g/mol. The quantitative estimate of drug-likeness (QED) is 0.805. The molecule has 0 aliphatic carbocycles. The number of Topliss-reactive ketones (excluding diaryl/α,β-unsaturated/α-hetero) is 1. The first-order valence-corrected chi connectivity index (χ1v) is 8.22. The fraction of sp³-hybridized carbons (Fsp3) is 0.429. The molecule has 19 heavy (non-hydrogen) atoms. The smallest absolute Gasteiger partial charge is 0.169 e. The van der Waals surface area contributed by atoms with Crippen LogP contribution in [0.1, 0.15) is 46.0 Å². The maximum absolute atomic E-state index is 11.3. The predicted octanol–water partition coefficient (Wildman–Crippen LogP) is 3.74. The molecule has 0 unspecified atom stereocenters. The van der Waals surface area contributed by atoms with Crippen LogP contribution in [0.25, 0.3) is 0 Å². The van der Waals surface area contributed by atoms with E-state index in [0.717, 1.165) is 18.0 Å². The highest BCUT2D eigenvalue weighted by atomic mass is 32.1. The van der Waals surface area contributed by atoms with Gasteiger partial charge in [-0.15, -0.1) is 22.7 Å². The van der Waals surface area contributed by atoms with E-state index in [2.05, 4.69) is 15.3 Å². The number of aromatic nitrogens is 1. The Bertz CT molecular complexity index is 562. The number of hydrogen-bond donors (Lipinski definition) is 0. The van der Waals surface area contributed by atoms with E-state index in [1.165, 1.54) is 23.4 Å². The second-order valence-electron chi connectivity index (χ2n) is 4.87. The monoisotopic (exact) mass is 292 g/mol. The fourth-order valence-electron chi connectivity index (χ4n) is 2.57. The van der Waals surface area contributed by atoms with Gasteiger partial charge in [-0.2, -0.15) is 0 Å². The summed E-state index contributed by atoms with van der Waals surface area (Å²) in [6.45, 7) is 3.67. The highest BCUT2D eigenvalue weighted by Gasteiger charge is 2.27. The number of likely N-dealkylation sites (tertiary alicyclic amines) is 1. The molecule has 3 rings (SSSR count). The van der Waals surface area contributed by atoms with Crippen LogP contribution in [0, 0.1) is 0 Å². The molecule has 0 N–H and O–H groups in total. The maximum Gasteiger partial charge on any atom is 0.169 e. The number of nitrogens with zero attached hydrogens (tertiary/aromatic N) is 2. The van der Waals surface area contributed by atoms with Gasteiger partial charge >= 0.3 is 0 Å². The van der Waals surface area contributed by atoms with Crippen molar-refractivity contribution >= 4 is 28.5 Å². The van der Waals surface area contributed by atoms with Crippen molar-refractivity contribution in [1.29, 1.82) is 0 Å². The van der Waals surface area contributed by atoms with Crippen molar-refractivity contribution in [3.8, 4) is 0 Å². The van der Waals surface area contributed by atoms with Crippen LogP contribution in [0.15, 0.2) is 23.0 Å². The maximum atomic E-state index is 11.3. The lowest BCUT2D eigenvalue weighted by Gasteiger charge is -2.22. The Hall–Kier alpha value is -1.04. The van der Waals surface area contributed by atoms with Crippen molar-refractivity contribution < 1.29 is 4.79 Å². The Morgan fingerprint density at radius 1 is 1.53 bits per heavy atom. The molecule has 0 radical (unpaired) electrons. The third-order valence-electron chi connectivity index (χ3n) is 3.49. The number of thiazole rings is 1. The van der Waals surface area contributed by atoms with Crippen LogP contribution in [0.3, 0.4) is 0 Å². The van der Waals surface area contributed by atoms with Crippen molar-refractivity contribution in [2.45, 2.75) is 32.4 Å². The first kappa shape index (κ1) is 13.0. The Morgan fingerprint density at radius 3 is 3.11 bits per heavy atom. The summed E-state index contributed by atoms with van der Waals surface area (Å²) in [5.74, 6) is 0.161. The summed E-state index contributed by atoms with van der Waals surface area (Å²) in [4.78, 5) is 19.1. The molecule has 2 aromatic heterocycles. The van der Waals surface area contributed by atoms with Crippen LogP contribution in [0.5, 0.6) is 0 Å². The van der Waals surface area contributed by atoms with Gasteiger partial charge in [-0.05, 0) is 43.3 Å². The number of rotatable bonds is 4. The molecule has 100 valence electrons. The summed E-state index contributed by atoms with van der Waals surface area (Å²) in [5, 5.41) is 5.37. The van der Waals surface area contributed by atoms with Gasteiger partial charge in [0.05, 0.1) is 10.9 Å². The molecule has 0 amide bonds. The zero-order valence-electron chi connectivity index (χ0n) is 10.8. The van der Waals surface area contributed by atoms with Gasteiger partial charge in [0, 0.05) is 18.1 Å². The first-order chi connectivity index (χ1) is 9.24. The van der Waals surface area contributed by atoms with Crippen molar-refractivity contribution in [1.82, 2.24) is 9.88 Å². The van der Waals surface area contributed by atoms with Gasteiger partial charge < -0.3 is 0 Å². The van der Waals surface area contributed by atoms with E-state index in [9.17, 15) is 4.79 Å². The summed E-state index contributed by atoms with van der Waals surface area (Å²) in [5.41, 5.74) is 1.25. The topological polar surface area (TPSA) is 33.2 Å². The van der Waals surface area contributed by atoms with E-state index in [1.807, 2.05) is 17.6 Å². The molecule has 0 saturated carbocycles. The standard InChI is InChI=1S/C14H16N2OS2/c1-10(17)13-7-11(9-19-13)8-16-5-2-3-12(16)14-15-4-6-18-14/h4,6-7,9,12H,2-3,5,8H2,1H3/t12-/m1/s1. The van der Waals surface area contributed by atoms with E-state index in [0.29, 0.717) is 6.04 Å². The minimum atomic E-state index is 0.161. The number of thiophene rings is 1. The van der Waals surface area contributed by atoms with Crippen molar-refractivity contribution in [2.75, 3.05) is 6.54 Å². The van der Waals surface area contributed by atoms with Crippen molar-refractivity contribution in [3.05, 3.63) is 38.5 Å². The summed E-state index contributed by atoms with van der Waals surface area (Å²) in [7, 11) is 0. The number of hydrogen-bond acceptors (Lipinski definition) is 5. The van der Waals surface area contributed by atoms with Gasteiger partial charge in [-0.1, -0.05) is 0 Å². The van der Waals surface area contributed by atoms with Crippen molar-refractivity contribution in [2.24, 2.45) is 0 Å². The molecule has 0 aromatic carbocycles. The molecule has 2 aromatic rings. The summed E-state index contributed by atoms with van der Waals surface area (Å²) in [6, 6.07) is 2.49. The predicted molar refractivity (Wildman–Crippen MR) is 78.8 cm³/mol. The third-order valence-corrected chi connectivity index (χ3v) is 5.44. The molecule has 1 fully saturated rings. The van der Waals surface area contributed by atoms with Crippen LogP contribution >= 0.6 is 22.7 Å². The molecule has 0 bridgehead atoms. The summed E-state index contributed by atoms with van der Waals surface area (Å²) >= 11 is 3.29. The van der Waals surface area contributed by atoms with Gasteiger partial charge in [-0.3, -0.25) is 9.69 Å². The Morgan fingerprint density at radius 2 is 2.42 bits per heavy atom. The SMILES string of the molecule is CC(=O)c1cc(CN2CCC[C@@H]2c2nccs2)cs1. The zero-order valence-corrected chi connectivity index (χ0v) is 12.5. The molecule has 1 aliphatic rings. The summed E-state index contributed by atoms with van der Waals surface area (Å²) < 4.78 is 0. The van der Waals surface area contributed by atoms with E-state index < -0.39 is 0 Å². The van der Waals surface area contributed by atoms with Crippen LogP contribution in [0.4, 0.5) is 0 Å². The molecule has 3 heterocycles. The number of ketones is 1. The number of carbonyl (C=O) groups is 1. The van der Waals surface area contributed by atoms with E-state index in [1.54, 1.807) is 29.6 Å². The minimum Gasteiger partial charge on any atom is -0.294 e. The Balaban J connectivity index is 1.73. The first-order valence-electron chi connectivity index (χ1n) is 6.46. The van der Waals surface area contributed by atoms with Crippen LogP contribution < -0.4 is 0 Å². The Kier molecular flexibility index (Phi) is 3.77. The second-order valence-corrected chi connectivity index (χ2v) is 6.71. The molecule has 0 spiro atoms. The lowest BCUT2D eigenvalue weighted by atomic mass is 10.2. The van der Waals surface area contributed by atoms with Gasteiger partial charge in [0.25, 0.3) is 0 Å². The lowest BCUT2D eigenvalue weighted by molar-refractivity contribution is 0.102. The Labute approximate surface area is 120 Å². The third kappa shape index (κ3) is 2.78. The van der Waals surface area contributed by atoms with Crippen LogP contribution in [-0.2, 0) is 6.54 Å². The molecule has 1 saturated heterocycles. The molecular weight excluding hydrogens is 276 g/mol. The average Bonchev–Trinajstić information content (AvgIpc) is 3.09. The van der Waals surface area contributed by atoms with Crippen molar-refractivity contribution in [3.63, 3.8) is 0 Å². The largest absolute Gasteiger partial charge is 0.294 e. The van der Waals surface area contributed by atoms with Gasteiger partial charge in [0.1, 0.15) is 5.01 Å². The van der Waals surface area contributed by atoms with E-state index >= 15 is 0 Å². The molecule has 1 atom stereocenters. The van der Waals surface area contributed by atoms with E-state index in [-0.39, 0.29) is 5.78 Å².